The zero-order valence-electron chi connectivity index (χ0n) is 7.25. The maximum absolute atomic E-state index is 5.24. The van der Waals surface area contributed by atoms with Gasteiger partial charge in [0.15, 0.2) is 0 Å². The summed E-state index contributed by atoms with van der Waals surface area (Å²) >= 11 is 3.44. The van der Waals surface area contributed by atoms with E-state index in [2.05, 4.69) is 28.1 Å². The molecule has 0 aliphatic heterocycles. The van der Waals surface area contributed by atoms with Gasteiger partial charge in [-0.2, -0.15) is 0 Å². The van der Waals surface area contributed by atoms with Gasteiger partial charge in [0.05, 0.1) is 6.26 Å². The Balaban J connectivity index is 2.46. The molecule has 2 heteroatoms. The average molecular weight is 237 g/mol. The van der Waals surface area contributed by atoms with Gasteiger partial charge in [-0.1, -0.05) is 28.1 Å². The predicted molar refractivity (Wildman–Crippen MR) is 56.6 cm³/mol. The minimum atomic E-state index is 0.940. The summed E-state index contributed by atoms with van der Waals surface area (Å²) < 4.78 is 6.33. The van der Waals surface area contributed by atoms with E-state index >= 15 is 0 Å². The Morgan fingerprint density at radius 2 is 2.00 bits per heavy atom. The minimum absolute atomic E-state index is 0.940. The quantitative estimate of drug-likeness (QED) is 0.730. The molecule has 1 nitrogen and oxygen atoms in total. The summed E-state index contributed by atoms with van der Waals surface area (Å²) in [5.41, 5.74) is 2.30. The topological polar surface area (TPSA) is 13.1 Å². The predicted octanol–water partition coefficient (Wildman–Crippen LogP) is 4.02. The SMILES string of the molecule is Cc1cc(-c2cccc(Br)c2)co1. The smallest absolute Gasteiger partial charge is 0.101 e. The van der Waals surface area contributed by atoms with Gasteiger partial charge in [0.1, 0.15) is 5.76 Å². The summed E-state index contributed by atoms with van der Waals surface area (Å²) in [7, 11) is 0. The van der Waals surface area contributed by atoms with Crippen LogP contribution in [0.3, 0.4) is 0 Å². The van der Waals surface area contributed by atoms with Crippen molar-refractivity contribution in [2.45, 2.75) is 6.92 Å². The molecule has 66 valence electrons. The molecule has 0 amide bonds. The van der Waals surface area contributed by atoms with Crippen LogP contribution < -0.4 is 0 Å². The monoisotopic (exact) mass is 236 g/mol. The van der Waals surface area contributed by atoms with Gasteiger partial charge in [0, 0.05) is 10.0 Å². The van der Waals surface area contributed by atoms with Crippen molar-refractivity contribution in [3.63, 3.8) is 0 Å². The zero-order chi connectivity index (χ0) is 9.26. The molecule has 0 unspecified atom stereocenters. The van der Waals surface area contributed by atoms with E-state index in [0.29, 0.717) is 0 Å². The van der Waals surface area contributed by atoms with Crippen LogP contribution in [0.5, 0.6) is 0 Å². The normalized spacial score (nSPS) is 10.3. The number of hydrogen-bond donors (Lipinski definition) is 0. The summed E-state index contributed by atoms with van der Waals surface area (Å²) in [5, 5.41) is 0. The zero-order valence-corrected chi connectivity index (χ0v) is 8.84. The molecule has 0 saturated carbocycles. The highest BCUT2D eigenvalue weighted by Gasteiger charge is 2.00. The van der Waals surface area contributed by atoms with Gasteiger partial charge in [-0.3, -0.25) is 0 Å². The van der Waals surface area contributed by atoms with E-state index in [0.717, 1.165) is 15.8 Å². The molecule has 0 aliphatic rings. The van der Waals surface area contributed by atoms with E-state index in [1.54, 1.807) is 6.26 Å². The van der Waals surface area contributed by atoms with Crippen LogP contribution in [0, 0.1) is 6.92 Å². The largest absolute Gasteiger partial charge is 0.469 e. The summed E-state index contributed by atoms with van der Waals surface area (Å²) in [6.45, 7) is 1.95. The molecule has 1 aromatic carbocycles. The highest BCUT2D eigenvalue weighted by atomic mass is 79.9. The second kappa shape index (κ2) is 3.38. The first-order chi connectivity index (χ1) is 6.25. The number of rotatable bonds is 1. The van der Waals surface area contributed by atoms with E-state index in [1.807, 2.05) is 25.1 Å². The lowest BCUT2D eigenvalue weighted by Gasteiger charge is -1.96. The van der Waals surface area contributed by atoms with E-state index in [9.17, 15) is 0 Å². The van der Waals surface area contributed by atoms with Crippen LogP contribution in [0.25, 0.3) is 11.1 Å². The van der Waals surface area contributed by atoms with Gasteiger partial charge >= 0.3 is 0 Å². The molecular weight excluding hydrogens is 228 g/mol. The Morgan fingerprint density at radius 3 is 2.62 bits per heavy atom. The highest BCUT2D eigenvalue weighted by molar-refractivity contribution is 9.10. The molecule has 2 rings (SSSR count). The Labute approximate surface area is 85.5 Å². The third kappa shape index (κ3) is 1.83. The second-order valence-electron chi connectivity index (χ2n) is 2.96. The minimum Gasteiger partial charge on any atom is -0.469 e. The van der Waals surface area contributed by atoms with Gasteiger partial charge in [-0.25, -0.2) is 0 Å². The maximum atomic E-state index is 5.24. The highest BCUT2D eigenvalue weighted by Crippen LogP contribution is 2.24. The van der Waals surface area contributed by atoms with Crippen molar-refractivity contribution in [1.82, 2.24) is 0 Å². The number of aryl methyl sites for hydroxylation is 1. The standard InChI is InChI=1S/C11H9BrO/c1-8-5-10(7-13-8)9-3-2-4-11(12)6-9/h2-7H,1H3. The second-order valence-corrected chi connectivity index (χ2v) is 3.87. The molecule has 0 fully saturated rings. The third-order valence-corrected chi connectivity index (χ3v) is 2.38. The Bertz CT molecular complexity index is 418. The number of benzene rings is 1. The van der Waals surface area contributed by atoms with Crippen LogP contribution in [0.4, 0.5) is 0 Å². The average Bonchev–Trinajstić information content (AvgIpc) is 2.52. The lowest BCUT2D eigenvalue weighted by atomic mass is 10.1. The molecular formula is C11H9BrO. The molecule has 1 heterocycles. The van der Waals surface area contributed by atoms with Gasteiger partial charge in [-0.05, 0) is 30.7 Å². The molecule has 2 aromatic rings. The molecule has 1 aromatic heterocycles. The summed E-state index contributed by atoms with van der Waals surface area (Å²) in [6.07, 6.45) is 1.77. The molecule has 0 saturated heterocycles. The molecule has 0 atom stereocenters. The van der Waals surface area contributed by atoms with Crippen LogP contribution >= 0.6 is 15.9 Å². The summed E-state index contributed by atoms with van der Waals surface area (Å²) in [5.74, 6) is 0.940. The van der Waals surface area contributed by atoms with Gasteiger partial charge in [0.2, 0.25) is 0 Å². The summed E-state index contributed by atoms with van der Waals surface area (Å²) in [6, 6.07) is 10.2. The Hall–Kier alpha value is -1.02. The summed E-state index contributed by atoms with van der Waals surface area (Å²) in [4.78, 5) is 0. The van der Waals surface area contributed by atoms with Crippen LogP contribution in [-0.4, -0.2) is 0 Å². The van der Waals surface area contributed by atoms with E-state index in [1.165, 1.54) is 5.56 Å². The molecule has 13 heavy (non-hydrogen) atoms. The van der Waals surface area contributed by atoms with Gasteiger partial charge in [0.25, 0.3) is 0 Å². The lowest BCUT2D eigenvalue weighted by molar-refractivity contribution is 0.535. The fraction of sp³-hybridized carbons (Fsp3) is 0.0909. The van der Waals surface area contributed by atoms with Crippen LogP contribution in [-0.2, 0) is 0 Å². The number of hydrogen-bond acceptors (Lipinski definition) is 1. The molecule has 0 radical (unpaired) electrons. The van der Waals surface area contributed by atoms with Crippen molar-refractivity contribution in [3.8, 4) is 11.1 Å². The first kappa shape index (κ1) is 8.57. The molecule has 0 aliphatic carbocycles. The number of furan rings is 1. The number of halogens is 1. The van der Waals surface area contributed by atoms with Crippen molar-refractivity contribution in [1.29, 1.82) is 0 Å². The maximum Gasteiger partial charge on any atom is 0.101 e. The third-order valence-electron chi connectivity index (χ3n) is 1.89. The lowest BCUT2D eigenvalue weighted by Crippen LogP contribution is -1.72. The van der Waals surface area contributed by atoms with Crippen molar-refractivity contribution in [3.05, 3.63) is 46.8 Å². The Kier molecular flexibility index (Phi) is 2.23. The fourth-order valence-electron chi connectivity index (χ4n) is 1.26. The first-order valence-corrected chi connectivity index (χ1v) is 4.86. The van der Waals surface area contributed by atoms with Crippen molar-refractivity contribution < 1.29 is 4.42 Å². The first-order valence-electron chi connectivity index (χ1n) is 4.07. The van der Waals surface area contributed by atoms with Crippen LogP contribution in [0.15, 0.2) is 45.5 Å². The van der Waals surface area contributed by atoms with Crippen molar-refractivity contribution in [2.24, 2.45) is 0 Å². The van der Waals surface area contributed by atoms with Gasteiger partial charge < -0.3 is 4.42 Å². The molecule has 0 bridgehead atoms. The fourth-order valence-corrected chi connectivity index (χ4v) is 1.66. The van der Waals surface area contributed by atoms with Crippen molar-refractivity contribution in [2.75, 3.05) is 0 Å². The van der Waals surface area contributed by atoms with E-state index in [4.69, 9.17) is 4.42 Å². The van der Waals surface area contributed by atoms with Crippen LogP contribution in [0.1, 0.15) is 5.76 Å². The van der Waals surface area contributed by atoms with Crippen LogP contribution in [0.2, 0.25) is 0 Å². The van der Waals surface area contributed by atoms with E-state index in [-0.39, 0.29) is 0 Å². The Morgan fingerprint density at radius 1 is 1.15 bits per heavy atom. The van der Waals surface area contributed by atoms with Crippen molar-refractivity contribution >= 4 is 15.9 Å². The van der Waals surface area contributed by atoms with E-state index < -0.39 is 0 Å². The molecule has 0 N–H and O–H groups in total. The van der Waals surface area contributed by atoms with Gasteiger partial charge in [-0.15, -0.1) is 0 Å². The molecule has 0 spiro atoms.